The molecule has 0 aliphatic carbocycles. The summed E-state index contributed by atoms with van der Waals surface area (Å²) in [6.07, 6.45) is 5.63. The molecule has 2 aliphatic heterocycles. The summed E-state index contributed by atoms with van der Waals surface area (Å²) in [5.74, 6) is 0. The monoisotopic (exact) mass is 848 g/mol. The van der Waals surface area contributed by atoms with Crippen LogP contribution < -0.4 is 21.3 Å². The number of unbranched alkanes of at least 4 members (excludes halogenated alkanes) is 2. The number of nitrogens with one attached hydrogen (secondary N) is 4. The normalized spacial score (nSPS) is 15.8. The molecule has 0 bridgehead atoms. The van der Waals surface area contributed by atoms with Gasteiger partial charge in [0.15, 0.2) is 0 Å². The first-order valence-electron chi connectivity index (χ1n) is 20.8. The van der Waals surface area contributed by atoms with Crippen LogP contribution in [0.15, 0.2) is 105 Å². The Morgan fingerprint density at radius 2 is 0.895 bits per heavy atom. The van der Waals surface area contributed by atoms with E-state index in [1.54, 1.807) is 23.5 Å². The first kappa shape index (κ1) is 43.8. The smallest absolute Gasteiger partial charge is 0.0496 e. The van der Waals surface area contributed by atoms with Crippen LogP contribution in [0, 0.1) is 0 Å². The van der Waals surface area contributed by atoms with Crippen molar-refractivity contribution in [3.8, 4) is 0 Å². The van der Waals surface area contributed by atoms with Crippen LogP contribution in [0.25, 0.3) is 0 Å². The molecular weight excluding hydrogens is 788 g/mol. The summed E-state index contributed by atoms with van der Waals surface area (Å²) in [4.78, 5) is 14.8. The molecule has 4 aromatic carbocycles. The van der Waals surface area contributed by atoms with E-state index in [0.717, 1.165) is 157 Å². The average Bonchev–Trinajstić information content (AvgIpc) is 3.21. The van der Waals surface area contributed by atoms with Gasteiger partial charge in [-0.2, -0.15) is 0 Å². The molecule has 4 aromatic rings. The molecule has 2 heterocycles. The topological polar surface area (TPSA) is 61.1 Å². The maximum Gasteiger partial charge on any atom is 0.0496 e. The van der Waals surface area contributed by atoms with E-state index >= 15 is 0 Å². The van der Waals surface area contributed by atoms with Crippen LogP contribution in [0.3, 0.4) is 0 Å². The van der Waals surface area contributed by atoms with Gasteiger partial charge >= 0.3 is 0 Å². The summed E-state index contributed by atoms with van der Waals surface area (Å²) in [7, 11) is 4.41. The van der Waals surface area contributed by atoms with Gasteiger partial charge < -0.3 is 40.9 Å². The van der Waals surface area contributed by atoms with E-state index < -0.39 is 0 Å². The second-order valence-electron chi connectivity index (χ2n) is 15.3. The lowest BCUT2D eigenvalue weighted by molar-refractivity contribution is 0.154. The highest BCUT2D eigenvalue weighted by Gasteiger charge is 2.15. The number of piperazine rings is 2. The second kappa shape index (κ2) is 23.7. The van der Waals surface area contributed by atoms with Gasteiger partial charge in [-0.3, -0.25) is 0 Å². The molecule has 0 spiro atoms. The summed E-state index contributed by atoms with van der Waals surface area (Å²) < 4.78 is 0. The number of halogens is 2. The van der Waals surface area contributed by atoms with Crippen LogP contribution in [0.1, 0.15) is 32.1 Å². The van der Waals surface area contributed by atoms with E-state index in [0.29, 0.717) is 0 Å². The number of nitrogens with zero attached hydrogens (tertiary/aromatic N) is 4. The van der Waals surface area contributed by atoms with Crippen molar-refractivity contribution < 1.29 is 0 Å². The maximum atomic E-state index is 6.42. The molecule has 6 rings (SSSR count). The molecule has 0 saturated carbocycles. The Kier molecular flexibility index (Phi) is 18.2. The Hall–Kier alpha value is -2.80. The van der Waals surface area contributed by atoms with E-state index in [-0.39, 0.29) is 0 Å². The molecule has 2 aliphatic rings. The first-order chi connectivity index (χ1) is 27.9. The molecule has 2 saturated heterocycles. The standard InChI is InChI=1S/C45H62Cl2N8S2/c1-52-24-28-54(29-25-52)22-8-20-50-42-32-36(46)14-16-44(42)56-40-12-6-10-38(34-40)48-18-4-3-5-19-49-39-11-7-13-41(35-39)57-45-17-15-37(47)33-43(45)51-21-9-23-55-30-26-53(2)27-31-55/h6-7,10-17,32-35,48-51H,3-5,8-9,18-31H2,1-2H3. The fourth-order valence-electron chi connectivity index (χ4n) is 7.14. The molecule has 308 valence electrons. The predicted molar refractivity (Wildman–Crippen MR) is 249 cm³/mol. The number of rotatable bonds is 22. The highest BCUT2D eigenvalue weighted by molar-refractivity contribution is 7.99. The van der Waals surface area contributed by atoms with Crippen molar-refractivity contribution in [1.29, 1.82) is 0 Å². The zero-order chi connectivity index (χ0) is 39.7. The Bertz CT molecular complexity index is 1670. The molecule has 0 atom stereocenters. The third-order valence-corrected chi connectivity index (χ3v) is 13.2. The van der Waals surface area contributed by atoms with Gasteiger partial charge in [0.25, 0.3) is 0 Å². The molecule has 8 nitrogen and oxygen atoms in total. The first-order valence-corrected chi connectivity index (χ1v) is 23.2. The van der Waals surface area contributed by atoms with Gasteiger partial charge in [-0.25, -0.2) is 0 Å². The fraction of sp³-hybridized carbons (Fsp3) is 0.467. The Morgan fingerprint density at radius 3 is 1.33 bits per heavy atom. The molecule has 0 unspecified atom stereocenters. The Labute approximate surface area is 360 Å². The van der Waals surface area contributed by atoms with Crippen LogP contribution in [-0.4, -0.2) is 125 Å². The third kappa shape index (κ3) is 15.4. The largest absolute Gasteiger partial charge is 0.385 e. The van der Waals surface area contributed by atoms with Crippen molar-refractivity contribution in [3.05, 3.63) is 95.0 Å². The van der Waals surface area contributed by atoms with Crippen molar-refractivity contribution in [3.63, 3.8) is 0 Å². The van der Waals surface area contributed by atoms with Gasteiger partial charge in [-0.05, 0) is 132 Å². The Morgan fingerprint density at radius 1 is 0.474 bits per heavy atom. The molecule has 0 aromatic heterocycles. The number of anilines is 4. The highest BCUT2D eigenvalue weighted by Crippen LogP contribution is 2.37. The van der Waals surface area contributed by atoms with Gasteiger partial charge in [-0.15, -0.1) is 0 Å². The summed E-state index contributed by atoms with van der Waals surface area (Å²) in [6, 6.07) is 29.8. The lowest BCUT2D eigenvalue weighted by atomic mass is 10.2. The summed E-state index contributed by atoms with van der Waals surface area (Å²) in [5.41, 5.74) is 4.53. The number of benzene rings is 4. The molecule has 0 radical (unpaired) electrons. The van der Waals surface area contributed by atoms with Crippen LogP contribution in [-0.2, 0) is 0 Å². The van der Waals surface area contributed by atoms with Gasteiger partial charge in [0, 0.05) is 131 Å². The SMILES string of the molecule is CN1CCN(CCCNc2cc(Cl)ccc2Sc2cccc(NCCCCCNc3cccc(Sc4ccc(Cl)cc4NCCCN4CCN(C)CC4)c3)c2)CC1. The van der Waals surface area contributed by atoms with E-state index in [1.165, 1.54) is 19.6 Å². The van der Waals surface area contributed by atoms with Gasteiger partial charge in [-0.1, -0.05) is 58.9 Å². The third-order valence-electron chi connectivity index (χ3n) is 10.6. The number of hydrogen-bond acceptors (Lipinski definition) is 10. The van der Waals surface area contributed by atoms with E-state index in [4.69, 9.17) is 23.2 Å². The minimum atomic E-state index is 0.762. The molecule has 2 fully saturated rings. The van der Waals surface area contributed by atoms with Crippen LogP contribution in [0.5, 0.6) is 0 Å². The van der Waals surface area contributed by atoms with E-state index in [9.17, 15) is 0 Å². The van der Waals surface area contributed by atoms with Crippen molar-refractivity contribution in [1.82, 2.24) is 19.6 Å². The zero-order valence-electron chi connectivity index (χ0n) is 33.9. The summed E-state index contributed by atoms with van der Waals surface area (Å²) in [6.45, 7) is 15.3. The number of hydrogen-bond donors (Lipinski definition) is 4. The fourth-order valence-corrected chi connectivity index (χ4v) is 9.41. The van der Waals surface area contributed by atoms with Crippen molar-refractivity contribution in [2.45, 2.75) is 51.7 Å². The van der Waals surface area contributed by atoms with Crippen LogP contribution in [0.2, 0.25) is 10.0 Å². The minimum absolute atomic E-state index is 0.762. The maximum absolute atomic E-state index is 6.42. The van der Waals surface area contributed by atoms with Gasteiger partial charge in [0.2, 0.25) is 0 Å². The molecule has 0 amide bonds. The highest BCUT2D eigenvalue weighted by atomic mass is 35.5. The van der Waals surface area contributed by atoms with Crippen molar-refractivity contribution in [2.75, 3.05) is 127 Å². The van der Waals surface area contributed by atoms with Crippen LogP contribution in [0.4, 0.5) is 22.7 Å². The van der Waals surface area contributed by atoms with Crippen molar-refractivity contribution in [2.24, 2.45) is 0 Å². The zero-order valence-corrected chi connectivity index (χ0v) is 37.0. The quantitative estimate of drug-likeness (QED) is 0.0576. The second-order valence-corrected chi connectivity index (χ2v) is 18.4. The van der Waals surface area contributed by atoms with Gasteiger partial charge in [0.05, 0.1) is 0 Å². The lowest BCUT2D eigenvalue weighted by Crippen LogP contribution is -2.44. The van der Waals surface area contributed by atoms with Gasteiger partial charge in [0.1, 0.15) is 0 Å². The molecular formula is C45H62Cl2N8S2. The summed E-state index contributed by atoms with van der Waals surface area (Å²) >= 11 is 16.4. The molecule has 57 heavy (non-hydrogen) atoms. The minimum Gasteiger partial charge on any atom is -0.385 e. The Balaban J connectivity index is 0.876. The molecule has 4 N–H and O–H groups in total. The number of likely N-dealkylation sites (N-methyl/N-ethyl adjacent to an activating group) is 2. The molecule has 12 heteroatoms. The van der Waals surface area contributed by atoms with Crippen molar-refractivity contribution >= 4 is 69.5 Å². The van der Waals surface area contributed by atoms with E-state index in [1.807, 2.05) is 12.1 Å². The predicted octanol–water partition coefficient (Wildman–Crippen LogP) is 10.1. The average molecular weight is 850 g/mol. The lowest BCUT2D eigenvalue weighted by Gasteiger charge is -2.32. The summed E-state index contributed by atoms with van der Waals surface area (Å²) in [5, 5.41) is 16.2. The van der Waals surface area contributed by atoms with E-state index in [2.05, 4.69) is 128 Å². The van der Waals surface area contributed by atoms with Crippen LogP contribution >= 0.6 is 46.7 Å².